The lowest BCUT2D eigenvalue weighted by molar-refractivity contribution is 0.0695. The number of benzene rings is 2. The minimum Gasteiger partial charge on any atom is -0.489 e. The molecule has 0 aromatic heterocycles. The molecule has 0 spiro atoms. The van der Waals surface area contributed by atoms with Gasteiger partial charge in [0.15, 0.2) is 0 Å². The fourth-order valence-electron chi connectivity index (χ4n) is 1.92. The summed E-state index contributed by atoms with van der Waals surface area (Å²) in [6, 6.07) is 13.2. The summed E-state index contributed by atoms with van der Waals surface area (Å²) >= 11 is 3.21. The molecule has 0 saturated heterocycles. The predicted octanol–water partition coefficient (Wildman–Crippen LogP) is 4.85. The van der Waals surface area contributed by atoms with Crippen molar-refractivity contribution in [3.63, 3.8) is 0 Å². The van der Waals surface area contributed by atoms with Crippen LogP contribution in [0.3, 0.4) is 0 Å². The average Bonchev–Trinajstić information content (AvgIpc) is 2.46. The normalized spacial score (nSPS) is 10.7. The standard InChI is InChI=1S/C17H17BrO3/c1-11(2)13-5-3-12(4-6-13)10-21-14-7-8-16(18)15(9-14)17(19)20/h3-9,11H,10H2,1-2H3,(H,19,20). The molecule has 1 N–H and O–H groups in total. The molecule has 0 radical (unpaired) electrons. The van der Waals surface area contributed by atoms with E-state index in [1.807, 2.05) is 12.1 Å². The van der Waals surface area contributed by atoms with E-state index in [2.05, 4.69) is 41.9 Å². The van der Waals surface area contributed by atoms with Gasteiger partial charge in [0, 0.05) is 4.47 Å². The van der Waals surface area contributed by atoms with E-state index in [0.29, 0.717) is 22.7 Å². The summed E-state index contributed by atoms with van der Waals surface area (Å²) in [5.41, 5.74) is 2.54. The predicted molar refractivity (Wildman–Crippen MR) is 86.0 cm³/mol. The summed E-state index contributed by atoms with van der Waals surface area (Å²) < 4.78 is 6.20. The lowest BCUT2D eigenvalue weighted by atomic mass is 10.0. The number of carbonyl (C=O) groups is 1. The Morgan fingerprint density at radius 2 is 1.86 bits per heavy atom. The first-order chi connectivity index (χ1) is 9.97. The number of hydrogen-bond donors (Lipinski definition) is 1. The monoisotopic (exact) mass is 348 g/mol. The topological polar surface area (TPSA) is 46.5 Å². The molecule has 2 aromatic rings. The molecule has 2 aromatic carbocycles. The lowest BCUT2D eigenvalue weighted by Crippen LogP contribution is -2.00. The molecule has 4 heteroatoms. The quantitative estimate of drug-likeness (QED) is 0.839. The Hall–Kier alpha value is -1.81. The maximum absolute atomic E-state index is 11.1. The first-order valence-corrected chi connectivity index (χ1v) is 7.51. The van der Waals surface area contributed by atoms with Crippen LogP contribution in [0.25, 0.3) is 0 Å². The van der Waals surface area contributed by atoms with Gasteiger partial charge in [0.1, 0.15) is 12.4 Å². The third-order valence-electron chi connectivity index (χ3n) is 3.22. The largest absolute Gasteiger partial charge is 0.489 e. The summed E-state index contributed by atoms with van der Waals surface area (Å²) in [4.78, 5) is 11.1. The van der Waals surface area contributed by atoms with Gasteiger partial charge in [-0.2, -0.15) is 0 Å². The molecule has 0 aliphatic heterocycles. The summed E-state index contributed by atoms with van der Waals surface area (Å²) in [7, 11) is 0. The van der Waals surface area contributed by atoms with Gasteiger partial charge in [0.25, 0.3) is 0 Å². The van der Waals surface area contributed by atoms with E-state index in [9.17, 15) is 4.79 Å². The molecule has 2 rings (SSSR count). The van der Waals surface area contributed by atoms with Crippen LogP contribution in [0.5, 0.6) is 5.75 Å². The van der Waals surface area contributed by atoms with E-state index in [1.165, 1.54) is 11.6 Å². The van der Waals surface area contributed by atoms with Crippen LogP contribution in [0.15, 0.2) is 46.9 Å². The van der Waals surface area contributed by atoms with Crippen LogP contribution in [0.4, 0.5) is 0 Å². The average molecular weight is 349 g/mol. The highest BCUT2D eigenvalue weighted by atomic mass is 79.9. The Labute approximate surface area is 132 Å². The highest BCUT2D eigenvalue weighted by Gasteiger charge is 2.09. The number of rotatable bonds is 5. The van der Waals surface area contributed by atoms with Crippen molar-refractivity contribution in [2.45, 2.75) is 26.4 Å². The van der Waals surface area contributed by atoms with Crippen LogP contribution < -0.4 is 4.74 Å². The zero-order chi connectivity index (χ0) is 15.4. The zero-order valence-corrected chi connectivity index (χ0v) is 13.6. The van der Waals surface area contributed by atoms with Crippen molar-refractivity contribution in [2.24, 2.45) is 0 Å². The SMILES string of the molecule is CC(C)c1ccc(COc2ccc(Br)c(C(=O)O)c2)cc1. The highest BCUT2D eigenvalue weighted by molar-refractivity contribution is 9.10. The van der Waals surface area contributed by atoms with Crippen LogP contribution >= 0.6 is 15.9 Å². The fraction of sp³-hybridized carbons (Fsp3) is 0.235. The van der Waals surface area contributed by atoms with E-state index in [-0.39, 0.29) is 5.56 Å². The smallest absolute Gasteiger partial charge is 0.336 e. The Morgan fingerprint density at radius 1 is 1.19 bits per heavy atom. The van der Waals surface area contributed by atoms with Crippen LogP contribution in [-0.2, 0) is 6.61 Å². The maximum atomic E-state index is 11.1. The molecular formula is C17H17BrO3. The Kier molecular flexibility index (Phi) is 5.02. The van der Waals surface area contributed by atoms with Crippen molar-refractivity contribution in [3.05, 3.63) is 63.6 Å². The molecule has 110 valence electrons. The number of halogens is 1. The Bertz CT molecular complexity index is 633. The third kappa shape index (κ3) is 4.08. The Balaban J connectivity index is 2.06. The summed E-state index contributed by atoms with van der Waals surface area (Å²) in [6.07, 6.45) is 0. The van der Waals surface area contributed by atoms with Gasteiger partial charge in [0.05, 0.1) is 5.56 Å². The number of hydrogen-bond acceptors (Lipinski definition) is 2. The molecule has 21 heavy (non-hydrogen) atoms. The molecule has 0 amide bonds. The molecule has 3 nitrogen and oxygen atoms in total. The van der Waals surface area contributed by atoms with E-state index in [0.717, 1.165) is 5.56 Å². The fourth-order valence-corrected chi connectivity index (χ4v) is 2.34. The van der Waals surface area contributed by atoms with E-state index >= 15 is 0 Å². The zero-order valence-electron chi connectivity index (χ0n) is 12.0. The second-order valence-corrected chi connectivity index (χ2v) is 5.99. The summed E-state index contributed by atoms with van der Waals surface area (Å²) in [5, 5.41) is 9.07. The van der Waals surface area contributed by atoms with Gasteiger partial charge in [-0.1, -0.05) is 38.1 Å². The van der Waals surface area contributed by atoms with Crippen LogP contribution in [-0.4, -0.2) is 11.1 Å². The molecule has 0 fully saturated rings. The number of ether oxygens (including phenoxy) is 1. The summed E-state index contributed by atoms with van der Waals surface area (Å²) in [6.45, 7) is 4.72. The number of carboxylic acid groups (broad SMARTS) is 1. The lowest BCUT2D eigenvalue weighted by Gasteiger charge is -2.10. The van der Waals surface area contributed by atoms with E-state index in [1.54, 1.807) is 12.1 Å². The van der Waals surface area contributed by atoms with Crippen LogP contribution in [0, 0.1) is 0 Å². The molecule has 0 aliphatic carbocycles. The van der Waals surface area contributed by atoms with Crippen molar-refractivity contribution >= 4 is 21.9 Å². The van der Waals surface area contributed by atoms with Gasteiger partial charge in [0.2, 0.25) is 0 Å². The molecule has 0 saturated carbocycles. The summed E-state index contributed by atoms with van der Waals surface area (Å²) in [5.74, 6) is 0.0710. The minimum atomic E-state index is -0.978. The molecule has 0 heterocycles. The van der Waals surface area contributed by atoms with Gasteiger partial charge in [-0.15, -0.1) is 0 Å². The van der Waals surface area contributed by atoms with Gasteiger partial charge in [-0.3, -0.25) is 0 Å². The van der Waals surface area contributed by atoms with Gasteiger partial charge in [-0.25, -0.2) is 4.79 Å². The Morgan fingerprint density at radius 3 is 2.43 bits per heavy atom. The van der Waals surface area contributed by atoms with Gasteiger partial charge >= 0.3 is 5.97 Å². The van der Waals surface area contributed by atoms with Crippen LogP contribution in [0.2, 0.25) is 0 Å². The first kappa shape index (κ1) is 15.6. The minimum absolute atomic E-state index is 0.197. The number of carboxylic acids is 1. The van der Waals surface area contributed by atoms with Crippen molar-refractivity contribution in [1.29, 1.82) is 0 Å². The van der Waals surface area contributed by atoms with Gasteiger partial charge < -0.3 is 9.84 Å². The van der Waals surface area contributed by atoms with E-state index < -0.39 is 5.97 Å². The molecule has 0 unspecified atom stereocenters. The molecule has 0 atom stereocenters. The number of aromatic carboxylic acids is 1. The van der Waals surface area contributed by atoms with Crippen LogP contribution in [0.1, 0.15) is 41.3 Å². The molecule has 0 bridgehead atoms. The molecule has 0 aliphatic rings. The second-order valence-electron chi connectivity index (χ2n) is 5.13. The van der Waals surface area contributed by atoms with Crippen molar-refractivity contribution < 1.29 is 14.6 Å². The third-order valence-corrected chi connectivity index (χ3v) is 3.91. The first-order valence-electron chi connectivity index (χ1n) is 6.72. The second kappa shape index (κ2) is 6.76. The van der Waals surface area contributed by atoms with Crippen molar-refractivity contribution in [2.75, 3.05) is 0 Å². The van der Waals surface area contributed by atoms with Gasteiger partial charge in [-0.05, 0) is 51.2 Å². The highest BCUT2D eigenvalue weighted by Crippen LogP contribution is 2.23. The van der Waals surface area contributed by atoms with E-state index in [4.69, 9.17) is 9.84 Å². The maximum Gasteiger partial charge on any atom is 0.336 e. The van der Waals surface area contributed by atoms with Crippen molar-refractivity contribution in [3.8, 4) is 5.75 Å². The molecular weight excluding hydrogens is 332 g/mol. The van der Waals surface area contributed by atoms with Crippen molar-refractivity contribution in [1.82, 2.24) is 0 Å².